The number of hydrogen-bond acceptors (Lipinski definition) is 0. The van der Waals surface area contributed by atoms with Crippen LogP contribution in [0.3, 0.4) is 0 Å². The Kier molecular flexibility index (Phi) is 11.5. The van der Waals surface area contributed by atoms with Crippen LogP contribution in [0.5, 0.6) is 0 Å². The van der Waals surface area contributed by atoms with Gasteiger partial charge in [0.05, 0.1) is 0 Å². The monoisotopic (exact) mass is 241 g/mol. The van der Waals surface area contributed by atoms with Crippen molar-refractivity contribution in [1.29, 1.82) is 0 Å². The maximum absolute atomic E-state index is 3.36. The van der Waals surface area contributed by atoms with E-state index in [9.17, 15) is 0 Å². The Bertz CT molecular complexity index is 255. The van der Waals surface area contributed by atoms with Crippen LogP contribution in [-0.4, -0.2) is 29.6 Å². The van der Waals surface area contributed by atoms with Crippen LogP contribution in [0.25, 0.3) is 0 Å². The Balaban J connectivity index is 0.00000256. The zero-order valence-corrected chi connectivity index (χ0v) is 10.9. The van der Waals surface area contributed by atoms with E-state index in [0.29, 0.717) is 0 Å². The molecule has 1 aromatic carbocycles. The first-order valence-electron chi connectivity index (χ1n) is 6.86. The summed E-state index contributed by atoms with van der Waals surface area (Å²) in [5.74, 6) is 0. The Morgan fingerprint density at radius 3 is 2.24 bits per heavy atom. The fourth-order valence-corrected chi connectivity index (χ4v) is 2.01. The topological polar surface area (TPSA) is 0 Å². The molecule has 0 bridgehead atoms. The standard InChI is InChI=1S/C16H25.Na.H/c1-3-5-7-10-15-12-9-13-16(14-15)11-8-6-4-2;;/h9,12,14H,3-8,10-11H2,1-2H3;;. The minimum absolute atomic E-state index is 0. The van der Waals surface area contributed by atoms with E-state index in [-0.39, 0.29) is 29.6 Å². The van der Waals surface area contributed by atoms with Gasteiger partial charge in [-0.25, -0.2) is 0 Å². The summed E-state index contributed by atoms with van der Waals surface area (Å²) in [4.78, 5) is 0. The summed E-state index contributed by atoms with van der Waals surface area (Å²) in [5, 5.41) is 0. The molecule has 1 rings (SSSR count). The first-order valence-corrected chi connectivity index (χ1v) is 6.86. The third kappa shape index (κ3) is 8.02. The molecule has 1 radical (unpaired) electrons. The molecule has 0 saturated heterocycles. The van der Waals surface area contributed by atoms with Crippen molar-refractivity contribution in [2.75, 3.05) is 0 Å². The van der Waals surface area contributed by atoms with Gasteiger partial charge in [0, 0.05) is 0 Å². The number of benzene rings is 1. The third-order valence-corrected chi connectivity index (χ3v) is 3.04. The fraction of sp³-hybridized carbons (Fsp3) is 0.625. The van der Waals surface area contributed by atoms with Crippen molar-refractivity contribution in [3.8, 4) is 0 Å². The molecular formula is C16H26Na. The van der Waals surface area contributed by atoms with E-state index in [2.05, 4.69) is 38.1 Å². The quantitative estimate of drug-likeness (QED) is 0.470. The molecule has 0 saturated carbocycles. The van der Waals surface area contributed by atoms with Crippen LogP contribution in [0.2, 0.25) is 0 Å². The molecule has 0 atom stereocenters. The number of rotatable bonds is 8. The summed E-state index contributed by atoms with van der Waals surface area (Å²) < 4.78 is 0. The van der Waals surface area contributed by atoms with Crippen molar-refractivity contribution in [2.45, 2.75) is 65.2 Å². The molecule has 0 nitrogen and oxygen atoms in total. The first-order chi connectivity index (χ1) is 7.86. The summed E-state index contributed by atoms with van der Waals surface area (Å²) >= 11 is 0. The fourth-order valence-electron chi connectivity index (χ4n) is 2.01. The van der Waals surface area contributed by atoms with Crippen molar-refractivity contribution in [2.24, 2.45) is 0 Å². The molecule has 0 amide bonds. The van der Waals surface area contributed by atoms with Gasteiger partial charge >= 0.3 is 29.6 Å². The van der Waals surface area contributed by atoms with Gasteiger partial charge in [-0.15, -0.1) is 0 Å². The summed E-state index contributed by atoms with van der Waals surface area (Å²) in [6.07, 6.45) is 10.4. The van der Waals surface area contributed by atoms with E-state index in [1.807, 2.05) is 0 Å². The molecule has 1 aromatic rings. The number of aryl methyl sites for hydroxylation is 2. The second-order valence-electron chi connectivity index (χ2n) is 4.64. The Morgan fingerprint density at radius 2 is 1.59 bits per heavy atom. The van der Waals surface area contributed by atoms with Crippen molar-refractivity contribution in [1.82, 2.24) is 0 Å². The van der Waals surface area contributed by atoms with Gasteiger partial charge in [-0.05, 0) is 42.9 Å². The van der Waals surface area contributed by atoms with Crippen LogP contribution in [0.1, 0.15) is 63.5 Å². The summed E-state index contributed by atoms with van der Waals surface area (Å²) in [6.45, 7) is 4.51. The van der Waals surface area contributed by atoms with Gasteiger partial charge in [0.2, 0.25) is 0 Å². The maximum atomic E-state index is 3.36. The van der Waals surface area contributed by atoms with E-state index >= 15 is 0 Å². The SMILES string of the molecule is CCCCCc1[c]ccc(CCCCC)c1.[NaH]. The van der Waals surface area contributed by atoms with E-state index < -0.39 is 0 Å². The second kappa shape index (κ2) is 11.3. The molecule has 0 unspecified atom stereocenters. The Hall–Kier alpha value is 0.220. The normalized spacial score (nSPS) is 10.0. The zero-order valence-electron chi connectivity index (χ0n) is 10.9. The zero-order chi connectivity index (χ0) is 11.6. The number of unbranched alkanes of at least 4 members (excludes halogenated alkanes) is 4. The molecule has 0 aromatic heterocycles. The van der Waals surface area contributed by atoms with Gasteiger partial charge < -0.3 is 0 Å². The molecule has 0 aliphatic heterocycles. The van der Waals surface area contributed by atoms with Gasteiger partial charge in [-0.1, -0.05) is 57.7 Å². The molecule has 0 heterocycles. The second-order valence-corrected chi connectivity index (χ2v) is 4.64. The molecule has 0 fully saturated rings. The van der Waals surface area contributed by atoms with E-state index in [1.165, 1.54) is 62.5 Å². The van der Waals surface area contributed by atoms with Crippen molar-refractivity contribution in [3.05, 3.63) is 35.4 Å². The van der Waals surface area contributed by atoms with Crippen LogP contribution in [0, 0.1) is 6.07 Å². The Labute approximate surface area is 129 Å². The molecule has 1 heteroatoms. The summed E-state index contributed by atoms with van der Waals surface area (Å²) in [6, 6.07) is 10.0. The third-order valence-electron chi connectivity index (χ3n) is 3.04. The minimum atomic E-state index is 0. The summed E-state index contributed by atoms with van der Waals surface area (Å²) in [5.41, 5.74) is 2.90. The molecule has 0 aliphatic rings. The molecule has 0 aliphatic carbocycles. The predicted molar refractivity (Wildman–Crippen MR) is 78.9 cm³/mol. The first kappa shape index (κ1) is 17.2. The van der Waals surface area contributed by atoms with Crippen molar-refractivity contribution >= 4 is 29.6 Å². The average molecular weight is 241 g/mol. The van der Waals surface area contributed by atoms with Crippen LogP contribution >= 0.6 is 0 Å². The Morgan fingerprint density at radius 1 is 0.941 bits per heavy atom. The van der Waals surface area contributed by atoms with E-state index in [1.54, 1.807) is 0 Å². The molecule has 0 spiro atoms. The van der Waals surface area contributed by atoms with Crippen molar-refractivity contribution < 1.29 is 0 Å². The van der Waals surface area contributed by atoms with Crippen LogP contribution < -0.4 is 0 Å². The summed E-state index contributed by atoms with van der Waals surface area (Å²) in [7, 11) is 0. The molecule has 17 heavy (non-hydrogen) atoms. The van der Waals surface area contributed by atoms with Crippen LogP contribution in [0.4, 0.5) is 0 Å². The molecule has 0 N–H and O–H groups in total. The van der Waals surface area contributed by atoms with Gasteiger partial charge in [0.15, 0.2) is 0 Å². The van der Waals surface area contributed by atoms with E-state index in [0.717, 1.165) is 0 Å². The predicted octanol–water partition coefficient (Wildman–Crippen LogP) is 4.30. The average Bonchev–Trinajstić information content (AvgIpc) is 2.30. The number of hydrogen-bond donors (Lipinski definition) is 0. The van der Waals surface area contributed by atoms with Crippen LogP contribution in [0.15, 0.2) is 18.2 Å². The molecular weight excluding hydrogens is 215 g/mol. The van der Waals surface area contributed by atoms with Crippen molar-refractivity contribution in [3.63, 3.8) is 0 Å². The molecule has 91 valence electrons. The van der Waals surface area contributed by atoms with Gasteiger partial charge in [0.25, 0.3) is 0 Å². The van der Waals surface area contributed by atoms with Crippen LogP contribution in [-0.2, 0) is 12.8 Å². The van der Waals surface area contributed by atoms with Gasteiger partial charge in [0.1, 0.15) is 0 Å². The van der Waals surface area contributed by atoms with Gasteiger partial charge in [-0.2, -0.15) is 0 Å². The van der Waals surface area contributed by atoms with Gasteiger partial charge in [-0.3, -0.25) is 0 Å². The van der Waals surface area contributed by atoms with E-state index in [4.69, 9.17) is 0 Å².